The highest BCUT2D eigenvalue weighted by atomic mass is 15.1. The van der Waals surface area contributed by atoms with Gasteiger partial charge in [-0.05, 0) is 71.8 Å². The van der Waals surface area contributed by atoms with Gasteiger partial charge in [-0.25, -0.2) is 0 Å². The highest BCUT2D eigenvalue weighted by Crippen LogP contribution is 2.36. The zero-order valence-electron chi connectivity index (χ0n) is 17.7. The maximum atomic E-state index is 3.45. The largest absolute Gasteiger partial charge is 0.356 e. The van der Waals surface area contributed by atoms with Gasteiger partial charge in [-0.3, -0.25) is 0 Å². The highest BCUT2D eigenvalue weighted by molar-refractivity contribution is 5.80. The van der Waals surface area contributed by atoms with E-state index < -0.39 is 0 Å². The number of para-hydroxylation sites is 3. The van der Waals surface area contributed by atoms with Gasteiger partial charge in [0.25, 0.3) is 0 Å². The van der Waals surface area contributed by atoms with Crippen LogP contribution < -0.4 is 10.2 Å². The van der Waals surface area contributed by atoms with E-state index in [9.17, 15) is 0 Å². The normalized spacial score (nSPS) is 10.5. The molecule has 154 valence electrons. The molecule has 0 unspecified atom stereocenters. The molecule has 5 aromatic rings. The van der Waals surface area contributed by atoms with Gasteiger partial charge in [0.2, 0.25) is 0 Å². The van der Waals surface area contributed by atoms with Crippen molar-refractivity contribution in [3.8, 4) is 11.1 Å². The van der Waals surface area contributed by atoms with Crippen molar-refractivity contribution in [1.82, 2.24) is 0 Å². The first-order valence-electron chi connectivity index (χ1n) is 10.8. The van der Waals surface area contributed by atoms with Crippen molar-refractivity contribution in [3.05, 3.63) is 140 Å². The molecule has 0 atom stereocenters. The van der Waals surface area contributed by atoms with Gasteiger partial charge in [0, 0.05) is 28.4 Å². The maximum absolute atomic E-state index is 3.45. The lowest BCUT2D eigenvalue weighted by molar-refractivity contribution is 1.28. The van der Waals surface area contributed by atoms with Crippen LogP contribution in [0.1, 0.15) is 0 Å². The van der Waals surface area contributed by atoms with Crippen molar-refractivity contribution >= 4 is 28.4 Å². The third-order valence-electron chi connectivity index (χ3n) is 5.41. The van der Waals surface area contributed by atoms with E-state index in [1.165, 1.54) is 11.1 Å². The average molecular weight is 413 g/mol. The highest BCUT2D eigenvalue weighted by Gasteiger charge is 2.12. The van der Waals surface area contributed by atoms with Crippen LogP contribution in [0.15, 0.2) is 140 Å². The van der Waals surface area contributed by atoms with Gasteiger partial charge in [0.1, 0.15) is 0 Å². The first-order chi connectivity index (χ1) is 15.9. The van der Waals surface area contributed by atoms with Crippen molar-refractivity contribution in [1.29, 1.82) is 0 Å². The molecule has 0 aromatic heterocycles. The van der Waals surface area contributed by atoms with Gasteiger partial charge in [0.15, 0.2) is 0 Å². The van der Waals surface area contributed by atoms with Crippen molar-refractivity contribution in [3.63, 3.8) is 0 Å². The Morgan fingerprint density at radius 1 is 0.375 bits per heavy atom. The fourth-order valence-electron chi connectivity index (χ4n) is 3.86. The standard InChI is InChI=1S/C30H24N2/c1-4-12-26(13-5-1)31-27-21-19-24(20-22-27)25-11-10-18-30(23-25)32(28-14-6-2-7-15-28)29-16-8-3-9-17-29/h1-23,31H. The molecule has 2 heteroatoms. The minimum absolute atomic E-state index is 1.08. The molecular weight excluding hydrogens is 388 g/mol. The second-order valence-electron chi connectivity index (χ2n) is 7.63. The molecule has 0 saturated carbocycles. The van der Waals surface area contributed by atoms with Crippen molar-refractivity contribution in [2.75, 3.05) is 10.2 Å². The number of hydrogen-bond acceptors (Lipinski definition) is 2. The summed E-state index contributed by atoms with van der Waals surface area (Å²) < 4.78 is 0. The van der Waals surface area contributed by atoms with Gasteiger partial charge in [-0.15, -0.1) is 0 Å². The van der Waals surface area contributed by atoms with Gasteiger partial charge in [0.05, 0.1) is 0 Å². The summed E-state index contributed by atoms with van der Waals surface area (Å²) in [6, 6.07) is 48.5. The molecule has 32 heavy (non-hydrogen) atoms. The van der Waals surface area contributed by atoms with E-state index in [2.05, 4.69) is 119 Å². The van der Waals surface area contributed by atoms with E-state index in [0.717, 1.165) is 28.4 Å². The Bertz CT molecular complexity index is 1230. The topological polar surface area (TPSA) is 15.3 Å². The van der Waals surface area contributed by atoms with E-state index in [4.69, 9.17) is 0 Å². The average Bonchev–Trinajstić information content (AvgIpc) is 2.87. The third kappa shape index (κ3) is 4.40. The summed E-state index contributed by atoms with van der Waals surface area (Å²) >= 11 is 0. The lowest BCUT2D eigenvalue weighted by Gasteiger charge is -2.25. The second-order valence-corrected chi connectivity index (χ2v) is 7.63. The van der Waals surface area contributed by atoms with Crippen LogP contribution in [0.25, 0.3) is 11.1 Å². The summed E-state index contributed by atoms with van der Waals surface area (Å²) in [5.74, 6) is 0. The van der Waals surface area contributed by atoms with Gasteiger partial charge in [-0.2, -0.15) is 0 Å². The van der Waals surface area contributed by atoms with E-state index in [1.54, 1.807) is 0 Å². The van der Waals surface area contributed by atoms with E-state index in [1.807, 2.05) is 30.3 Å². The Hall–Kier alpha value is -4.30. The Morgan fingerprint density at radius 2 is 0.875 bits per heavy atom. The maximum Gasteiger partial charge on any atom is 0.0467 e. The Labute approximate surface area is 189 Å². The lowest BCUT2D eigenvalue weighted by atomic mass is 10.0. The molecule has 2 nitrogen and oxygen atoms in total. The number of anilines is 5. The number of nitrogens with zero attached hydrogens (tertiary/aromatic N) is 1. The first-order valence-corrected chi connectivity index (χ1v) is 10.8. The Balaban J connectivity index is 1.47. The third-order valence-corrected chi connectivity index (χ3v) is 5.41. The molecule has 0 spiro atoms. The van der Waals surface area contributed by atoms with Crippen LogP contribution in [0.4, 0.5) is 28.4 Å². The minimum Gasteiger partial charge on any atom is -0.356 e. The van der Waals surface area contributed by atoms with Crippen molar-refractivity contribution < 1.29 is 0 Å². The monoisotopic (exact) mass is 412 g/mol. The fraction of sp³-hybridized carbons (Fsp3) is 0. The molecular formula is C30H24N2. The number of nitrogens with one attached hydrogen (secondary N) is 1. The molecule has 0 aliphatic heterocycles. The number of benzene rings is 5. The number of hydrogen-bond donors (Lipinski definition) is 1. The van der Waals surface area contributed by atoms with E-state index in [0.29, 0.717) is 0 Å². The van der Waals surface area contributed by atoms with Crippen molar-refractivity contribution in [2.24, 2.45) is 0 Å². The van der Waals surface area contributed by atoms with Crippen LogP contribution in [0.3, 0.4) is 0 Å². The van der Waals surface area contributed by atoms with Crippen molar-refractivity contribution in [2.45, 2.75) is 0 Å². The Kier molecular flexibility index (Phi) is 5.67. The zero-order chi connectivity index (χ0) is 21.6. The lowest BCUT2D eigenvalue weighted by Crippen LogP contribution is -2.09. The van der Waals surface area contributed by atoms with Crippen LogP contribution in [0, 0.1) is 0 Å². The molecule has 0 heterocycles. The van der Waals surface area contributed by atoms with Crippen LogP contribution in [-0.2, 0) is 0 Å². The smallest absolute Gasteiger partial charge is 0.0467 e. The molecule has 0 aliphatic carbocycles. The van der Waals surface area contributed by atoms with Gasteiger partial charge in [-0.1, -0.05) is 78.9 Å². The zero-order valence-corrected chi connectivity index (χ0v) is 17.7. The fourth-order valence-corrected chi connectivity index (χ4v) is 3.86. The molecule has 0 saturated heterocycles. The summed E-state index contributed by atoms with van der Waals surface area (Å²) in [6.07, 6.45) is 0. The predicted molar refractivity (Wildman–Crippen MR) is 136 cm³/mol. The van der Waals surface area contributed by atoms with Crippen LogP contribution in [0.2, 0.25) is 0 Å². The first kappa shape index (κ1) is 19.7. The summed E-state index contributed by atoms with van der Waals surface area (Å²) in [7, 11) is 0. The van der Waals surface area contributed by atoms with Crippen LogP contribution in [0.5, 0.6) is 0 Å². The molecule has 5 rings (SSSR count). The SMILES string of the molecule is c1ccc(Nc2ccc(-c3cccc(N(c4ccccc4)c4ccccc4)c3)cc2)cc1. The summed E-state index contributed by atoms with van der Waals surface area (Å²) in [4.78, 5) is 2.29. The van der Waals surface area contributed by atoms with Gasteiger partial charge < -0.3 is 10.2 Å². The molecule has 1 N–H and O–H groups in total. The van der Waals surface area contributed by atoms with Crippen LogP contribution in [-0.4, -0.2) is 0 Å². The molecule has 0 fully saturated rings. The van der Waals surface area contributed by atoms with Gasteiger partial charge >= 0.3 is 0 Å². The molecule has 0 bridgehead atoms. The predicted octanol–water partition coefficient (Wildman–Crippen LogP) is 8.57. The molecule has 0 radical (unpaired) electrons. The molecule has 0 aliphatic rings. The van der Waals surface area contributed by atoms with E-state index >= 15 is 0 Å². The van der Waals surface area contributed by atoms with Crippen LogP contribution >= 0.6 is 0 Å². The quantitative estimate of drug-likeness (QED) is 0.300. The molecule has 5 aromatic carbocycles. The Morgan fingerprint density at radius 3 is 1.47 bits per heavy atom. The summed E-state index contributed by atoms with van der Waals surface area (Å²) in [6.45, 7) is 0. The molecule has 0 amide bonds. The summed E-state index contributed by atoms with van der Waals surface area (Å²) in [5, 5.41) is 3.45. The minimum atomic E-state index is 1.08. The number of rotatable bonds is 6. The summed E-state index contributed by atoms with van der Waals surface area (Å²) in [5.41, 5.74) is 7.94. The second kappa shape index (κ2) is 9.23. The van der Waals surface area contributed by atoms with E-state index in [-0.39, 0.29) is 0 Å².